The van der Waals surface area contributed by atoms with E-state index >= 15 is 0 Å². The Kier molecular flexibility index (Phi) is 5.96. The van der Waals surface area contributed by atoms with Gasteiger partial charge in [-0.1, -0.05) is 59.0 Å². The van der Waals surface area contributed by atoms with E-state index in [2.05, 4.69) is 21.2 Å². The van der Waals surface area contributed by atoms with Gasteiger partial charge in [0.2, 0.25) is 5.91 Å². The highest BCUT2D eigenvalue weighted by atomic mass is 79.9. The van der Waals surface area contributed by atoms with Crippen molar-refractivity contribution < 1.29 is 4.79 Å². The van der Waals surface area contributed by atoms with Crippen molar-refractivity contribution in [3.8, 4) is 0 Å². The van der Waals surface area contributed by atoms with Crippen LogP contribution in [0.4, 0.5) is 0 Å². The van der Waals surface area contributed by atoms with Crippen molar-refractivity contribution in [2.24, 2.45) is 5.92 Å². The monoisotopic (exact) mass is 351 g/mol. The molecule has 1 N–H and O–H groups in total. The largest absolute Gasteiger partial charge is 0.349 e. The van der Waals surface area contributed by atoms with Crippen LogP contribution < -0.4 is 5.32 Å². The summed E-state index contributed by atoms with van der Waals surface area (Å²) in [6.07, 6.45) is 0. The molecule has 0 aliphatic heterocycles. The van der Waals surface area contributed by atoms with Crippen LogP contribution in [0.3, 0.4) is 0 Å². The summed E-state index contributed by atoms with van der Waals surface area (Å²) in [7, 11) is 0. The number of benzene rings is 1. The summed E-state index contributed by atoms with van der Waals surface area (Å²) in [4.78, 5) is 11.7. The van der Waals surface area contributed by atoms with E-state index in [1.54, 1.807) is 12.1 Å². The van der Waals surface area contributed by atoms with Crippen molar-refractivity contribution in [3.63, 3.8) is 0 Å². The summed E-state index contributed by atoms with van der Waals surface area (Å²) in [5.41, 5.74) is 0.859. The minimum Gasteiger partial charge on any atom is -0.349 e. The van der Waals surface area contributed by atoms with Crippen molar-refractivity contribution in [2.75, 3.05) is 0 Å². The van der Waals surface area contributed by atoms with Gasteiger partial charge in [-0.15, -0.1) is 0 Å². The smallest absolute Gasteiger partial charge is 0.234 e. The van der Waals surface area contributed by atoms with E-state index < -0.39 is 0 Å². The maximum absolute atomic E-state index is 11.9. The summed E-state index contributed by atoms with van der Waals surface area (Å²) < 4.78 is 0. The molecule has 2 atom stereocenters. The third-order valence-electron chi connectivity index (χ3n) is 2.62. The van der Waals surface area contributed by atoms with Crippen LogP contribution in [0.2, 0.25) is 10.0 Å². The Balaban J connectivity index is 2.76. The second-order valence-electron chi connectivity index (χ2n) is 4.54. The normalized spacial score (nSPS) is 14.4. The number of rotatable bonds is 4. The van der Waals surface area contributed by atoms with Gasteiger partial charge in [-0.3, -0.25) is 4.79 Å². The summed E-state index contributed by atoms with van der Waals surface area (Å²) >= 11 is 15.3. The van der Waals surface area contributed by atoms with E-state index in [4.69, 9.17) is 23.2 Å². The maximum atomic E-state index is 11.9. The first kappa shape index (κ1) is 15.8. The first-order chi connectivity index (χ1) is 8.32. The van der Waals surface area contributed by atoms with Crippen molar-refractivity contribution in [1.29, 1.82) is 0 Å². The highest BCUT2D eigenvalue weighted by Gasteiger charge is 2.21. The Morgan fingerprint density at radius 2 is 1.89 bits per heavy atom. The average molecular weight is 353 g/mol. The molecular formula is C13H16BrCl2NO. The molecule has 2 nitrogen and oxygen atoms in total. The van der Waals surface area contributed by atoms with Crippen molar-refractivity contribution in [2.45, 2.75) is 31.6 Å². The fraction of sp³-hybridized carbons (Fsp3) is 0.462. The first-order valence-corrected chi connectivity index (χ1v) is 7.39. The topological polar surface area (TPSA) is 29.1 Å². The van der Waals surface area contributed by atoms with Crippen LogP contribution in [0.25, 0.3) is 0 Å². The Labute approximate surface area is 126 Å². The Morgan fingerprint density at radius 3 is 2.39 bits per heavy atom. The van der Waals surface area contributed by atoms with Crippen LogP contribution in [0.5, 0.6) is 0 Å². The first-order valence-electron chi connectivity index (χ1n) is 5.72. The van der Waals surface area contributed by atoms with Crippen LogP contribution in [0, 0.1) is 5.92 Å². The summed E-state index contributed by atoms with van der Waals surface area (Å²) in [6, 6.07) is 5.11. The fourth-order valence-corrected chi connectivity index (χ4v) is 2.23. The number of alkyl halides is 1. The van der Waals surface area contributed by atoms with E-state index in [1.807, 2.05) is 26.8 Å². The Morgan fingerprint density at radius 1 is 1.28 bits per heavy atom. The maximum Gasteiger partial charge on any atom is 0.234 e. The SMILES string of the molecule is CC(NC(=O)C(Br)C(C)C)c1ccc(Cl)cc1Cl. The van der Waals surface area contributed by atoms with Crippen LogP contribution in [-0.4, -0.2) is 10.7 Å². The average Bonchev–Trinajstić information content (AvgIpc) is 2.27. The Bertz CT molecular complexity index is 437. The standard InChI is InChI=1S/C13H16BrCl2NO/c1-7(2)12(14)13(18)17-8(3)10-5-4-9(15)6-11(10)16/h4-8,12H,1-3H3,(H,17,18). The number of hydrogen-bond donors (Lipinski definition) is 1. The molecular weight excluding hydrogens is 337 g/mol. The molecule has 18 heavy (non-hydrogen) atoms. The lowest BCUT2D eigenvalue weighted by molar-refractivity contribution is -0.121. The van der Waals surface area contributed by atoms with E-state index in [0.717, 1.165) is 5.56 Å². The van der Waals surface area contributed by atoms with Crippen LogP contribution in [0.15, 0.2) is 18.2 Å². The van der Waals surface area contributed by atoms with Gasteiger partial charge in [0.1, 0.15) is 0 Å². The molecule has 2 unspecified atom stereocenters. The molecule has 0 aromatic heterocycles. The number of halogens is 3. The van der Waals surface area contributed by atoms with Crippen molar-refractivity contribution in [3.05, 3.63) is 33.8 Å². The lowest BCUT2D eigenvalue weighted by Gasteiger charge is -2.19. The third-order valence-corrected chi connectivity index (χ3v) is 4.66. The molecule has 0 aliphatic carbocycles. The molecule has 0 bridgehead atoms. The van der Waals surface area contributed by atoms with E-state index in [0.29, 0.717) is 10.0 Å². The van der Waals surface area contributed by atoms with Gasteiger partial charge in [-0.05, 0) is 30.5 Å². The number of amides is 1. The number of nitrogens with one attached hydrogen (secondary N) is 1. The van der Waals surface area contributed by atoms with Crippen LogP contribution in [-0.2, 0) is 4.79 Å². The Hall–Kier alpha value is -0.250. The minimum absolute atomic E-state index is 0.0384. The number of carbonyl (C=O) groups excluding carboxylic acids is 1. The second-order valence-corrected chi connectivity index (χ2v) is 6.37. The van der Waals surface area contributed by atoms with Gasteiger partial charge in [-0.2, -0.15) is 0 Å². The molecule has 0 saturated carbocycles. The van der Waals surface area contributed by atoms with Crippen molar-refractivity contribution in [1.82, 2.24) is 5.32 Å². The quantitative estimate of drug-likeness (QED) is 0.789. The molecule has 0 spiro atoms. The van der Waals surface area contributed by atoms with E-state index in [-0.39, 0.29) is 22.7 Å². The molecule has 1 aromatic rings. The van der Waals surface area contributed by atoms with Gasteiger partial charge in [-0.25, -0.2) is 0 Å². The van der Waals surface area contributed by atoms with Gasteiger partial charge in [0, 0.05) is 10.0 Å². The molecule has 0 radical (unpaired) electrons. The molecule has 1 aromatic carbocycles. The molecule has 1 rings (SSSR count). The van der Waals surface area contributed by atoms with Gasteiger partial charge in [0.25, 0.3) is 0 Å². The fourth-order valence-electron chi connectivity index (χ4n) is 1.53. The zero-order valence-corrected chi connectivity index (χ0v) is 13.6. The zero-order valence-electron chi connectivity index (χ0n) is 10.5. The van der Waals surface area contributed by atoms with Crippen LogP contribution in [0.1, 0.15) is 32.4 Å². The third kappa shape index (κ3) is 4.15. The van der Waals surface area contributed by atoms with Gasteiger partial charge in [0.05, 0.1) is 10.9 Å². The van der Waals surface area contributed by atoms with E-state index in [9.17, 15) is 4.79 Å². The van der Waals surface area contributed by atoms with Crippen LogP contribution >= 0.6 is 39.1 Å². The minimum atomic E-state index is -0.203. The number of carbonyl (C=O) groups is 1. The van der Waals surface area contributed by atoms with Gasteiger partial charge in [0.15, 0.2) is 0 Å². The summed E-state index contributed by atoms with van der Waals surface area (Å²) in [5, 5.41) is 4.07. The molecule has 1 amide bonds. The van der Waals surface area contributed by atoms with E-state index in [1.165, 1.54) is 0 Å². The summed E-state index contributed by atoms with van der Waals surface area (Å²) in [5.74, 6) is 0.196. The van der Waals surface area contributed by atoms with Gasteiger partial charge >= 0.3 is 0 Å². The predicted molar refractivity (Wildman–Crippen MR) is 80.6 cm³/mol. The molecule has 0 fully saturated rings. The number of hydrogen-bond acceptors (Lipinski definition) is 1. The second kappa shape index (κ2) is 6.78. The summed E-state index contributed by atoms with van der Waals surface area (Å²) in [6.45, 7) is 5.87. The highest BCUT2D eigenvalue weighted by Crippen LogP contribution is 2.26. The predicted octanol–water partition coefficient (Wildman–Crippen LogP) is 4.59. The lowest BCUT2D eigenvalue weighted by atomic mass is 10.1. The molecule has 0 saturated heterocycles. The molecule has 100 valence electrons. The molecule has 5 heteroatoms. The molecule has 0 aliphatic rings. The zero-order chi connectivity index (χ0) is 13.9. The lowest BCUT2D eigenvalue weighted by Crippen LogP contribution is -2.35. The van der Waals surface area contributed by atoms with Crippen molar-refractivity contribution >= 4 is 45.0 Å². The van der Waals surface area contributed by atoms with Gasteiger partial charge < -0.3 is 5.32 Å². The highest BCUT2D eigenvalue weighted by molar-refractivity contribution is 9.10. The molecule has 0 heterocycles.